The molecule has 1 amide bonds. The number of amides is 1. The van der Waals surface area contributed by atoms with Gasteiger partial charge in [-0.15, -0.1) is 0 Å². The van der Waals surface area contributed by atoms with Gasteiger partial charge >= 0.3 is 0 Å². The average Bonchev–Trinajstić information content (AvgIpc) is 2.55. The summed E-state index contributed by atoms with van der Waals surface area (Å²) in [5.41, 5.74) is 0. The van der Waals surface area contributed by atoms with Crippen LogP contribution < -0.4 is 0 Å². The van der Waals surface area contributed by atoms with Gasteiger partial charge in [-0.25, -0.2) is 0 Å². The van der Waals surface area contributed by atoms with E-state index in [0.29, 0.717) is 18.4 Å². The Hall–Kier alpha value is -0.610. The minimum absolute atomic E-state index is 0.183. The monoisotopic (exact) mass is 256 g/mol. The second kappa shape index (κ2) is 7.74. The molecule has 1 fully saturated rings. The highest BCUT2D eigenvalue weighted by molar-refractivity contribution is 5.78. The van der Waals surface area contributed by atoms with E-state index in [4.69, 9.17) is 4.74 Å². The summed E-state index contributed by atoms with van der Waals surface area (Å²) in [5.74, 6) is 0.929. The van der Waals surface area contributed by atoms with Crippen molar-refractivity contribution in [2.45, 2.75) is 26.7 Å². The third-order valence-electron chi connectivity index (χ3n) is 3.61. The molecule has 0 bridgehead atoms. The molecule has 0 N–H and O–H groups in total. The van der Waals surface area contributed by atoms with Gasteiger partial charge in [-0.3, -0.25) is 4.79 Å². The predicted molar refractivity (Wildman–Crippen MR) is 73.5 cm³/mol. The van der Waals surface area contributed by atoms with Gasteiger partial charge in [0, 0.05) is 31.5 Å². The minimum Gasteiger partial charge on any atom is -0.379 e. The number of ether oxygens (including phenoxy) is 1. The van der Waals surface area contributed by atoms with E-state index < -0.39 is 0 Å². The summed E-state index contributed by atoms with van der Waals surface area (Å²) in [4.78, 5) is 16.6. The van der Waals surface area contributed by atoms with Crippen LogP contribution in [0.5, 0.6) is 0 Å². The smallest absolute Gasteiger partial charge is 0.225 e. The first-order chi connectivity index (χ1) is 8.58. The molecule has 18 heavy (non-hydrogen) atoms. The third kappa shape index (κ3) is 4.58. The molecule has 0 aromatic rings. The van der Waals surface area contributed by atoms with Gasteiger partial charge in [0.1, 0.15) is 0 Å². The van der Waals surface area contributed by atoms with Crippen LogP contribution in [-0.4, -0.2) is 62.7 Å². The Balaban J connectivity index is 2.60. The summed E-state index contributed by atoms with van der Waals surface area (Å²) < 4.78 is 5.61. The number of rotatable bonds is 5. The molecule has 0 saturated carbocycles. The first-order valence-electron chi connectivity index (χ1n) is 7.09. The maximum absolute atomic E-state index is 12.4. The quantitative estimate of drug-likeness (QED) is 0.746. The Labute approximate surface area is 111 Å². The molecular formula is C14H28N2O2. The van der Waals surface area contributed by atoms with Crippen LogP contribution in [0.1, 0.15) is 26.7 Å². The standard InChI is InChI=1S/C14H28N2O2/c1-5-13(6-2)14(17)16-7-8-18-11-12(10-16)9-15(3)4/h12-13H,5-11H2,1-4H3. The van der Waals surface area contributed by atoms with Crippen LogP contribution in [0.2, 0.25) is 0 Å². The number of hydrogen-bond acceptors (Lipinski definition) is 3. The van der Waals surface area contributed by atoms with Crippen molar-refractivity contribution in [3.8, 4) is 0 Å². The lowest BCUT2D eigenvalue weighted by molar-refractivity contribution is -0.136. The summed E-state index contributed by atoms with van der Waals surface area (Å²) in [6.45, 7) is 8.20. The van der Waals surface area contributed by atoms with E-state index in [1.165, 1.54) is 0 Å². The van der Waals surface area contributed by atoms with Crippen LogP contribution >= 0.6 is 0 Å². The Morgan fingerprint density at radius 3 is 2.61 bits per heavy atom. The molecule has 1 unspecified atom stereocenters. The van der Waals surface area contributed by atoms with Gasteiger partial charge in [0.15, 0.2) is 0 Å². The van der Waals surface area contributed by atoms with Crippen molar-refractivity contribution in [3.05, 3.63) is 0 Å². The van der Waals surface area contributed by atoms with Crippen molar-refractivity contribution in [2.75, 3.05) is 46.9 Å². The highest BCUT2D eigenvalue weighted by Crippen LogP contribution is 2.15. The number of hydrogen-bond donors (Lipinski definition) is 0. The predicted octanol–water partition coefficient (Wildman–Crippen LogP) is 1.46. The Morgan fingerprint density at radius 2 is 2.06 bits per heavy atom. The third-order valence-corrected chi connectivity index (χ3v) is 3.61. The fourth-order valence-corrected chi connectivity index (χ4v) is 2.60. The molecule has 1 aliphatic rings. The number of nitrogens with zero attached hydrogens (tertiary/aromatic N) is 2. The Morgan fingerprint density at radius 1 is 1.39 bits per heavy atom. The molecule has 1 rings (SSSR count). The Kier molecular flexibility index (Phi) is 6.65. The fraction of sp³-hybridized carbons (Fsp3) is 0.929. The zero-order valence-corrected chi connectivity index (χ0v) is 12.3. The summed E-state index contributed by atoms with van der Waals surface area (Å²) in [7, 11) is 4.13. The maximum Gasteiger partial charge on any atom is 0.225 e. The van der Waals surface area contributed by atoms with Gasteiger partial charge in [-0.2, -0.15) is 0 Å². The van der Waals surface area contributed by atoms with E-state index in [1.54, 1.807) is 0 Å². The minimum atomic E-state index is 0.183. The zero-order chi connectivity index (χ0) is 13.5. The van der Waals surface area contributed by atoms with Gasteiger partial charge < -0.3 is 14.5 Å². The lowest BCUT2D eigenvalue weighted by Crippen LogP contribution is -2.41. The van der Waals surface area contributed by atoms with E-state index >= 15 is 0 Å². The van der Waals surface area contributed by atoms with Crippen LogP contribution in [0.15, 0.2) is 0 Å². The van der Waals surface area contributed by atoms with E-state index in [0.717, 1.165) is 39.1 Å². The van der Waals surface area contributed by atoms with E-state index in [-0.39, 0.29) is 5.92 Å². The zero-order valence-electron chi connectivity index (χ0n) is 12.3. The van der Waals surface area contributed by atoms with Crippen LogP contribution in [0, 0.1) is 11.8 Å². The molecule has 0 aromatic carbocycles. The summed E-state index contributed by atoms with van der Waals surface area (Å²) >= 11 is 0. The second-order valence-electron chi connectivity index (χ2n) is 5.50. The van der Waals surface area contributed by atoms with Gasteiger partial charge in [0.25, 0.3) is 0 Å². The molecule has 1 atom stereocenters. The molecule has 4 nitrogen and oxygen atoms in total. The Bertz CT molecular complexity index is 252. The van der Waals surface area contributed by atoms with Gasteiger partial charge in [0.2, 0.25) is 5.91 Å². The van der Waals surface area contributed by atoms with Gasteiger partial charge in [-0.05, 0) is 26.9 Å². The van der Waals surface area contributed by atoms with Crippen molar-refractivity contribution in [2.24, 2.45) is 11.8 Å². The van der Waals surface area contributed by atoms with Crippen molar-refractivity contribution >= 4 is 5.91 Å². The molecule has 1 heterocycles. The summed E-state index contributed by atoms with van der Waals surface area (Å²) in [5, 5.41) is 0. The highest BCUT2D eigenvalue weighted by atomic mass is 16.5. The number of carbonyl (C=O) groups is 1. The second-order valence-corrected chi connectivity index (χ2v) is 5.50. The van der Waals surface area contributed by atoms with Gasteiger partial charge in [-0.1, -0.05) is 13.8 Å². The topological polar surface area (TPSA) is 32.8 Å². The van der Waals surface area contributed by atoms with Crippen molar-refractivity contribution < 1.29 is 9.53 Å². The normalized spacial score (nSPS) is 21.4. The van der Waals surface area contributed by atoms with E-state index in [9.17, 15) is 4.79 Å². The lowest BCUT2D eigenvalue weighted by atomic mass is 10.0. The van der Waals surface area contributed by atoms with Crippen LogP contribution in [0.3, 0.4) is 0 Å². The van der Waals surface area contributed by atoms with Crippen molar-refractivity contribution in [3.63, 3.8) is 0 Å². The molecule has 106 valence electrons. The number of carbonyl (C=O) groups excluding carboxylic acids is 1. The first kappa shape index (κ1) is 15.4. The first-order valence-corrected chi connectivity index (χ1v) is 7.09. The molecular weight excluding hydrogens is 228 g/mol. The summed E-state index contributed by atoms with van der Waals surface area (Å²) in [6.07, 6.45) is 1.87. The van der Waals surface area contributed by atoms with Crippen molar-refractivity contribution in [1.82, 2.24) is 9.80 Å². The molecule has 1 aliphatic heterocycles. The maximum atomic E-state index is 12.4. The highest BCUT2D eigenvalue weighted by Gasteiger charge is 2.26. The van der Waals surface area contributed by atoms with Crippen LogP contribution in [0.4, 0.5) is 0 Å². The van der Waals surface area contributed by atoms with E-state index in [1.807, 2.05) is 4.90 Å². The fourth-order valence-electron chi connectivity index (χ4n) is 2.60. The van der Waals surface area contributed by atoms with Crippen LogP contribution in [-0.2, 0) is 9.53 Å². The average molecular weight is 256 g/mol. The van der Waals surface area contributed by atoms with Gasteiger partial charge in [0.05, 0.1) is 13.2 Å². The molecule has 4 heteroatoms. The molecule has 0 radical (unpaired) electrons. The SMILES string of the molecule is CCC(CC)C(=O)N1CCOCC(CN(C)C)C1. The lowest BCUT2D eigenvalue weighted by Gasteiger charge is -2.28. The van der Waals surface area contributed by atoms with Crippen LogP contribution in [0.25, 0.3) is 0 Å². The van der Waals surface area contributed by atoms with Crippen molar-refractivity contribution in [1.29, 1.82) is 0 Å². The molecule has 0 aromatic heterocycles. The summed E-state index contributed by atoms with van der Waals surface area (Å²) in [6, 6.07) is 0. The largest absolute Gasteiger partial charge is 0.379 e. The molecule has 1 saturated heterocycles. The van der Waals surface area contributed by atoms with E-state index in [2.05, 4.69) is 32.8 Å². The molecule has 0 aliphatic carbocycles. The molecule has 0 spiro atoms.